The van der Waals surface area contributed by atoms with E-state index < -0.39 is 12.2 Å². The number of rotatable bonds is 6. The fraction of sp³-hybridized carbons (Fsp3) is 1.00. The highest BCUT2D eigenvalue weighted by molar-refractivity contribution is 4.66. The Morgan fingerprint density at radius 3 is 1.82 bits per heavy atom. The topological polar surface area (TPSA) is 80.9 Å². The van der Waals surface area contributed by atoms with Gasteiger partial charge in [-0.2, -0.15) is 0 Å². The van der Waals surface area contributed by atoms with Gasteiger partial charge in [-0.3, -0.25) is 0 Å². The zero-order valence-corrected chi connectivity index (χ0v) is 6.48. The van der Waals surface area contributed by atoms with E-state index in [1.54, 1.807) is 0 Å². The highest BCUT2D eigenvalue weighted by Gasteiger charge is 2.14. The Kier molecular flexibility index (Phi) is 6.45. The molecule has 4 heteroatoms. The molecular weight excluding hydrogens is 148 g/mol. The predicted octanol–water partition coefficient (Wildman–Crippen LogP) is -1.14. The summed E-state index contributed by atoms with van der Waals surface area (Å²) in [5.41, 5.74) is 0. The second-order valence-electron chi connectivity index (χ2n) is 2.51. The summed E-state index contributed by atoms with van der Waals surface area (Å²) in [6.07, 6.45) is -0.658. The van der Waals surface area contributed by atoms with Gasteiger partial charge in [0.05, 0.1) is 12.2 Å². The van der Waals surface area contributed by atoms with E-state index in [4.69, 9.17) is 20.4 Å². The van der Waals surface area contributed by atoms with Crippen LogP contribution in [0.15, 0.2) is 0 Å². The van der Waals surface area contributed by atoms with Crippen molar-refractivity contribution >= 4 is 0 Å². The summed E-state index contributed by atoms with van der Waals surface area (Å²) in [4.78, 5) is 0. The molecule has 0 aliphatic heterocycles. The normalized spacial score (nSPS) is 16.4. The minimum atomic E-state index is -0.869. The van der Waals surface area contributed by atoms with Gasteiger partial charge >= 0.3 is 0 Å². The lowest BCUT2D eigenvalue weighted by Crippen LogP contribution is -2.26. The summed E-state index contributed by atoms with van der Waals surface area (Å²) in [7, 11) is 0. The van der Waals surface area contributed by atoms with Crippen molar-refractivity contribution in [3.8, 4) is 0 Å². The summed E-state index contributed by atoms with van der Waals surface area (Å²) in [6.45, 7) is -0.111. The lowest BCUT2D eigenvalue weighted by Gasteiger charge is -2.15. The molecule has 11 heavy (non-hydrogen) atoms. The molecule has 4 N–H and O–H groups in total. The van der Waals surface area contributed by atoms with Crippen LogP contribution in [0.4, 0.5) is 0 Å². The maximum absolute atomic E-state index is 9.11. The first-order valence-electron chi connectivity index (χ1n) is 3.80. The quantitative estimate of drug-likeness (QED) is 0.400. The first-order chi connectivity index (χ1) is 5.22. The molecule has 0 spiro atoms. The van der Waals surface area contributed by atoms with Crippen LogP contribution in [-0.2, 0) is 0 Å². The van der Waals surface area contributed by atoms with Gasteiger partial charge in [-0.15, -0.1) is 0 Å². The van der Waals surface area contributed by atoms with Crippen LogP contribution in [0.25, 0.3) is 0 Å². The van der Waals surface area contributed by atoms with Crippen LogP contribution in [0.5, 0.6) is 0 Å². The van der Waals surface area contributed by atoms with Crippen LogP contribution in [0, 0.1) is 0 Å². The lowest BCUT2D eigenvalue weighted by atomic mass is 10.1. The van der Waals surface area contributed by atoms with Gasteiger partial charge < -0.3 is 20.4 Å². The van der Waals surface area contributed by atoms with Gasteiger partial charge in [-0.25, -0.2) is 0 Å². The molecule has 0 heterocycles. The Bertz CT molecular complexity index is 86.5. The standard InChI is InChI=1S/C7H16O4/c8-4-1-2-6(10)7(11)3-5-9/h6-11H,1-5H2. The van der Waals surface area contributed by atoms with Crippen LogP contribution in [0.1, 0.15) is 19.3 Å². The van der Waals surface area contributed by atoms with E-state index in [0.717, 1.165) is 0 Å². The third kappa shape index (κ3) is 5.15. The van der Waals surface area contributed by atoms with Crippen molar-refractivity contribution in [1.82, 2.24) is 0 Å². The zero-order valence-electron chi connectivity index (χ0n) is 6.48. The Labute approximate surface area is 66.1 Å². The second kappa shape index (κ2) is 6.54. The van der Waals surface area contributed by atoms with Gasteiger partial charge in [0.25, 0.3) is 0 Å². The van der Waals surface area contributed by atoms with Crippen molar-refractivity contribution in [3.63, 3.8) is 0 Å². The van der Waals surface area contributed by atoms with Gasteiger partial charge in [-0.05, 0) is 19.3 Å². The molecule has 0 aromatic heterocycles. The molecule has 68 valence electrons. The molecular formula is C7H16O4. The maximum Gasteiger partial charge on any atom is 0.0820 e. The Balaban J connectivity index is 3.38. The van der Waals surface area contributed by atoms with Crippen molar-refractivity contribution in [3.05, 3.63) is 0 Å². The minimum Gasteiger partial charge on any atom is -0.396 e. The highest BCUT2D eigenvalue weighted by atomic mass is 16.3. The van der Waals surface area contributed by atoms with E-state index in [1.165, 1.54) is 0 Å². The highest BCUT2D eigenvalue weighted by Crippen LogP contribution is 2.04. The molecule has 0 saturated heterocycles. The molecule has 0 saturated carbocycles. The SMILES string of the molecule is OCCCC(O)C(O)CCO. The van der Waals surface area contributed by atoms with Gasteiger partial charge in [0.15, 0.2) is 0 Å². The lowest BCUT2D eigenvalue weighted by molar-refractivity contribution is -0.00178. The summed E-state index contributed by atoms with van der Waals surface area (Å²) in [5, 5.41) is 34.9. The first-order valence-corrected chi connectivity index (χ1v) is 3.80. The van der Waals surface area contributed by atoms with Gasteiger partial charge in [0.1, 0.15) is 0 Å². The van der Waals surface area contributed by atoms with Crippen LogP contribution in [-0.4, -0.2) is 45.8 Å². The van der Waals surface area contributed by atoms with Crippen LogP contribution >= 0.6 is 0 Å². The third-order valence-electron chi connectivity index (χ3n) is 1.53. The molecule has 0 radical (unpaired) electrons. The summed E-state index contributed by atoms with van der Waals surface area (Å²) in [6, 6.07) is 0. The van der Waals surface area contributed by atoms with Crippen molar-refractivity contribution in [1.29, 1.82) is 0 Å². The molecule has 4 nitrogen and oxygen atoms in total. The van der Waals surface area contributed by atoms with E-state index in [0.29, 0.717) is 12.8 Å². The average molecular weight is 164 g/mol. The molecule has 0 aliphatic rings. The summed E-state index contributed by atoms with van der Waals surface area (Å²) in [5.74, 6) is 0. The predicted molar refractivity (Wildman–Crippen MR) is 40.0 cm³/mol. The molecule has 0 amide bonds. The van der Waals surface area contributed by atoms with E-state index in [-0.39, 0.29) is 19.6 Å². The number of hydrogen-bond acceptors (Lipinski definition) is 4. The monoisotopic (exact) mass is 164 g/mol. The zero-order chi connectivity index (χ0) is 8.69. The van der Waals surface area contributed by atoms with E-state index in [2.05, 4.69) is 0 Å². The number of aliphatic hydroxyl groups is 4. The third-order valence-corrected chi connectivity index (χ3v) is 1.53. The second-order valence-corrected chi connectivity index (χ2v) is 2.51. The maximum atomic E-state index is 9.11. The van der Waals surface area contributed by atoms with E-state index in [9.17, 15) is 0 Å². The van der Waals surface area contributed by atoms with E-state index >= 15 is 0 Å². The fourth-order valence-electron chi connectivity index (χ4n) is 0.817. The first kappa shape index (κ1) is 10.8. The molecule has 0 bridgehead atoms. The molecule has 2 unspecified atom stereocenters. The summed E-state index contributed by atoms with van der Waals surface area (Å²) >= 11 is 0. The van der Waals surface area contributed by atoms with Gasteiger partial charge in [-0.1, -0.05) is 0 Å². The molecule has 0 aromatic rings. The average Bonchev–Trinajstić information content (AvgIpc) is 2.00. The van der Waals surface area contributed by atoms with Crippen LogP contribution in [0.2, 0.25) is 0 Å². The minimum absolute atomic E-state index is 0.0168. The number of aliphatic hydroxyl groups excluding tert-OH is 4. The Morgan fingerprint density at radius 1 is 0.818 bits per heavy atom. The van der Waals surface area contributed by atoms with Crippen molar-refractivity contribution in [2.24, 2.45) is 0 Å². The molecule has 2 atom stereocenters. The van der Waals surface area contributed by atoms with Gasteiger partial charge in [0.2, 0.25) is 0 Å². The van der Waals surface area contributed by atoms with Crippen LogP contribution in [0.3, 0.4) is 0 Å². The Hall–Kier alpha value is -0.160. The molecule has 0 aliphatic carbocycles. The number of hydrogen-bond donors (Lipinski definition) is 4. The smallest absolute Gasteiger partial charge is 0.0820 e. The molecule has 0 fully saturated rings. The van der Waals surface area contributed by atoms with E-state index in [1.807, 2.05) is 0 Å². The Morgan fingerprint density at radius 2 is 1.36 bits per heavy atom. The van der Waals surface area contributed by atoms with Crippen LogP contribution < -0.4 is 0 Å². The van der Waals surface area contributed by atoms with Crippen molar-refractivity contribution in [2.45, 2.75) is 31.5 Å². The molecule has 0 rings (SSSR count). The van der Waals surface area contributed by atoms with Crippen molar-refractivity contribution in [2.75, 3.05) is 13.2 Å². The summed E-state index contributed by atoms with van der Waals surface area (Å²) < 4.78 is 0. The molecule has 0 aromatic carbocycles. The van der Waals surface area contributed by atoms with Gasteiger partial charge in [0, 0.05) is 13.2 Å². The van der Waals surface area contributed by atoms with Crippen molar-refractivity contribution < 1.29 is 20.4 Å². The largest absolute Gasteiger partial charge is 0.396 e. The fourth-order valence-corrected chi connectivity index (χ4v) is 0.817.